The minimum absolute atomic E-state index is 0. The summed E-state index contributed by atoms with van der Waals surface area (Å²) in [6.45, 7) is 3.13. The molecule has 0 radical (unpaired) electrons. The lowest BCUT2D eigenvalue weighted by molar-refractivity contribution is -0.149. The molecule has 1 amide bonds. The molecule has 0 aromatic heterocycles. The van der Waals surface area contributed by atoms with E-state index in [1.165, 1.54) is 0 Å². The van der Waals surface area contributed by atoms with E-state index in [1.54, 1.807) is 24.3 Å². The topological polar surface area (TPSA) is 90.6 Å². The number of carbonyl (C=O) groups is 2. The number of nitrogens with one attached hydrogen (secondary N) is 1. The minimum Gasteiger partial charge on any atom is -0.490 e. The maximum absolute atomic E-state index is 11.8. The Morgan fingerprint density at radius 3 is 2.36 bits per heavy atom. The number of rotatable bonds is 7. The third kappa shape index (κ3) is 6.55. The van der Waals surface area contributed by atoms with Crippen LogP contribution in [0.2, 0.25) is 0 Å². The Morgan fingerprint density at radius 1 is 1.16 bits per heavy atom. The highest BCUT2D eigenvalue weighted by atomic mass is 35.5. The molecule has 2 rings (SSSR count). The van der Waals surface area contributed by atoms with Crippen molar-refractivity contribution in [3.05, 3.63) is 29.8 Å². The first kappa shape index (κ1) is 21.3. The molecule has 1 saturated carbocycles. The molecule has 1 aliphatic carbocycles. The average molecular weight is 371 g/mol. The number of esters is 1. The minimum atomic E-state index is -0.137. The molecule has 1 fully saturated rings. The van der Waals surface area contributed by atoms with Gasteiger partial charge in [-0.15, -0.1) is 12.4 Å². The molecule has 1 aromatic carbocycles. The summed E-state index contributed by atoms with van der Waals surface area (Å²) >= 11 is 0. The Balaban J connectivity index is 0.00000312. The number of hydrogen-bond donors (Lipinski definition) is 2. The van der Waals surface area contributed by atoms with E-state index in [0.29, 0.717) is 25.3 Å². The van der Waals surface area contributed by atoms with E-state index in [4.69, 9.17) is 15.2 Å². The second-order valence-corrected chi connectivity index (χ2v) is 5.91. The summed E-state index contributed by atoms with van der Waals surface area (Å²) in [5.74, 6) is 0.508. The maximum atomic E-state index is 11.8. The van der Waals surface area contributed by atoms with Gasteiger partial charge in [-0.25, -0.2) is 0 Å². The fourth-order valence-electron chi connectivity index (χ4n) is 2.84. The Hall–Kier alpha value is -1.79. The Labute approximate surface area is 154 Å². The van der Waals surface area contributed by atoms with Gasteiger partial charge in [0.2, 0.25) is 0 Å². The zero-order valence-electron chi connectivity index (χ0n) is 14.5. The molecule has 7 heteroatoms. The molecule has 0 bridgehead atoms. The van der Waals surface area contributed by atoms with Crippen molar-refractivity contribution < 1.29 is 19.1 Å². The first-order valence-corrected chi connectivity index (χ1v) is 8.55. The van der Waals surface area contributed by atoms with Gasteiger partial charge in [0, 0.05) is 18.7 Å². The normalized spacial score (nSPS) is 19.4. The number of hydrogen-bond acceptors (Lipinski definition) is 5. The van der Waals surface area contributed by atoms with Gasteiger partial charge >= 0.3 is 5.97 Å². The van der Waals surface area contributed by atoms with E-state index in [-0.39, 0.29) is 36.3 Å². The van der Waals surface area contributed by atoms with Crippen molar-refractivity contribution in [2.45, 2.75) is 38.7 Å². The van der Waals surface area contributed by atoms with Crippen molar-refractivity contribution in [2.75, 3.05) is 19.7 Å². The lowest BCUT2D eigenvalue weighted by atomic mass is 9.87. The predicted octanol–water partition coefficient (Wildman–Crippen LogP) is 2.30. The smallest absolute Gasteiger partial charge is 0.308 e. The summed E-state index contributed by atoms with van der Waals surface area (Å²) in [7, 11) is 0. The number of amides is 1. The van der Waals surface area contributed by atoms with E-state index in [1.807, 2.05) is 6.92 Å². The lowest BCUT2D eigenvalue weighted by Crippen LogP contribution is -2.29. The molecule has 1 aliphatic rings. The van der Waals surface area contributed by atoms with Crippen molar-refractivity contribution in [3.63, 3.8) is 0 Å². The van der Waals surface area contributed by atoms with Crippen LogP contribution in [0.1, 0.15) is 43.0 Å². The Kier molecular flexibility index (Phi) is 9.31. The SMILES string of the molecule is CCOC(=O)C1CCC(Oc2ccc(C(=O)NCCN)cc2)CC1.Cl. The number of ether oxygens (including phenoxy) is 2. The molecule has 3 N–H and O–H groups in total. The van der Waals surface area contributed by atoms with Crippen molar-refractivity contribution >= 4 is 24.3 Å². The van der Waals surface area contributed by atoms with Crippen molar-refractivity contribution in [3.8, 4) is 5.75 Å². The predicted molar refractivity (Wildman–Crippen MR) is 98.1 cm³/mol. The molecular formula is C18H27ClN2O4. The van der Waals surface area contributed by atoms with Crippen LogP contribution in [0.4, 0.5) is 0 Å². The van der Waals surface area contributed by atoms with Crippen LogP contribution < -0.4 is 15.8 Å². The standard InChI is InChI=1S/C18H26N2O4.ClH/c1-2-23-18(22)14-5-9-16(10-6-14)24-15-7-3-13(4-8-15)17(21)20-12-11-19;/h3-4,7-8,14,16H,2,5-6,9-12,19H2,1H3,(H,20,21);1H. The monoisotopic (exact) mass is 370 g/mol. The van der Waals surface area contributed by atoms with Gasteiger partial charge in [0.25, 0.3) is 5.91 Å². The summed E-state index contributed by atoms with van der Waals surface area (Å²) < 4.78 is 11.0. The quantitative estimate of drug-likeness (QED) is 0.718. The molecule has 0 unspecified atom stereocenters. The molecular weight excluding hydrogens is 344 g/mol. The van der Waals surface area contributed by atoms with Gasteiger partial charge in [0.15, 0.2) is 0 Å². The van der Waals surface area contributed by atoms with Gasteiger partial charge in [-0.3, -0.25) is 9.59 Å². The molecule has 25 heavy (non-hydrogen) atoms. The van der Waals surface area contributed by atoms with Gasteiger partial charge in [0.1, 0.15) is 5.75 Å². The summed E-state index contributed by atoms with van der Waals surface area (Å²) in [4.78, 5) is 23.5. The zero-order chi connectivity index (χ0) is 17.4. The summed E-state index contributed by atoms with van der Waals surface area (Å²) in [6.07, 6.45) is 3.36. The zero-order valence-corrected chi connectivity index (χ0v) is 15.3. The Bertz CT molecular complexity index is 543. The Morgan fingerprint density at radius 2 is 1.80 bits per heavy atom. The van der Waals surface area contributed by atoms with E-state index < -0.39 is 0 Å². The van der Waals surface area contributed by atoms with Crippen LogP contribution in [0, 0.1) is 5.92 Å². The fraction of sp³-hybridized carbons (Fsp3) is 0.556. The first-order chi connectivity index (χ1) is 11.6. The third-order valence-electron chi connectivity index (χ3n) is 4.14. The van der Waals surface area contributed by atoms with Gasteiger partial charge in [-0.1, -0.05) is 0 Å². The van der Waals surface area contributed by atoms with Crippen LogP contribution in [0.25, 0.3) is 0 Å². The highest BCUT2D eigenvalue weighted by molar-refractivity contribution is 5.94. The molecule has 0 spiro atoms. The van der Waals surface area contributed by atoms with Crippen LogP contribution in [0.3, 0.4) is 0 Å². The van der Waals surface area contributed by atoms with Crippen LogP contribution in [-0.2, 0) is 9.53 Å². The molecule has 0 atom stereocenters. The molecule has 1 aromatic rings. The van der Waals surface area contributed by atoms with Crippen LogP contribution >= 0.6 is 12.4 Å². The number of halogens is 1. The summed E-state index contributed by atoms with van der Waals surface area (Å²) in [5.41, 5.74) is 5.95. The average Bonchev–Trinajstić information content (AvgIpc) is 2.61. The molecule has 0 aliphatic heterocycles. The summed E-state index contributed by atoms with van der Waals surface area (Å²) in [6, 6.07) is 7.08. The lowest BCUT2D eigenvalue weighted by Gasteiger charge is -2.27. The molecule has 140 valence electrons. The van der Waals surface area contributed by atoms with Gasteiger partial charge < -0.3 is 20.5 Å². The van der Waals surface area contributed by atoms with E-state index in [2.05, 4.69) is 5.32 Å². The summed E-state index contributed by atoms with van der Waals surface area (Å²) in [5, 5.41) is 2.73. The molecule has 0 saturated heterocycles. The van der Waals surface area contributed by atoms with Crippen molar-refractivity contribution in [1.29, 1.82) is 0 Å². The number of benzene rings is 1. The highest BCUT2D eigenvalue weighted by Crippen LogP contribution is 2.28. The second kappa shape index (κ2) is 10.9. The largest absolute Gasteiger partial charge is 0.490 e. The molecule has 6 nitrogen and oxygen atoms in total. The number of nitrogens with two attached hydrogens (primary N) is 1. The highest BCUT2D eigenvalue weighted by Gasteiger charge is 2.28. The maximum Gasteiger partial charge on any atom is 0.308 e. The van der Waals surface area contributed by atoms with Crippen LogP contribution in [0.5, 0.6) is 5.75 Å². The fourth-order valence-corrected chi connectivity index (χ4v) is 2.84. The van der Waals surface area contributed by atoms with Crippen LogP contribution in [-0.4, -0.2) is 37.7 Å². The van der Waals surface area contributed by atoms with Crippen LogP contribution in [0.15, 0.2) is 24.3 Å². The second-order valence-electron chi connectivity index (χ2n) is 5.91. The first-order valence-electron chi connectivity index (χ1n) is 8.55. The van der Waals surface area contributed by atoms with E-state index in [9.17, 15) is 9.59 Å². The third-order valence-corrected chi connectivity index (χ3v) is 4.14. The van der Waals surface area contributed by atoms with Gasteiger partial charge in [-0.2, -0.15) is 0 Å². The van der Waals surface area contributed by atoms with Gasteiger partial charge in [-0.05, 0) is 56.9 Å². The van der Waals surface area contributed by atoms with E-state index >= 15 is 0 Å². The van der Waals surface area contributed by atoms with Crippen molar-refractivity contribution in [1.82, 2.24) is 5.32 Å². The number of carbonyl (C=O) groups excluding carboxylic acids is 2. The van der Waals surface area contributed by atoms with Crippen molar-refractivity contribution in [2.24, 2.45) is 11.7 Å². The van der Waals surface area contributed by atoms with E-state index in [0.717, 1.165) is 31.4 Å². The van der Waals surface area contributed by atoms with Gasteiger partial charge in [0.05, 0.1) is 18.6 Å². The molecule has 0 heterocycles.